The minimum Gasteiger partial charge on any atom is -0.394 e. The highest BCUT2D eigenvalue weighted by Crippen LogP contribution is 2.38. The summed E-state index contributed by atoms with van der Waals surface area (Å²) in [5, 5.41) is 21.2. The molecule has 4 nitrogen and oxygen atoms in total. The van der Waals surface area contributed by atoms with Crippen LogP contribution in [0.4, 0.5) is 5.82 Å². The molecule has 4 heteroatoms. The summed E-state index contributed by atoms with van der Waals surface area (Å²) >= 11 is 0. The monoisotopic (exact) mass is 203 g/mol. The number of rotatable bonds is 3. The van der Waals surface area contributed by atoms with Crippen molar-refractivity contribution in [2.45, 2.75) is 25.3 Å². The predicted molar refractivity (Wildman–Crippen MR) is 56.4 cm³/mol. The van der Waals surface area contributed by atoms with Gasteiger partial charge in [0.1, 0.15) is 11.9 Å². The van der Waals surface area contributed by atoms with Gasteiger partial charge in [0.2, 0.25) is 0 Å². The van der Waals surface area contributed by atoms with E-state index >= 15 is 0 Å². The molecule has 1 fully saturated rings. The van der Waals surface area contributed by atoms with Gasteiger partial charge in [-0.3, -0.25) is 0 Å². The number of aliphatic hydroxyl groups is 1. The van der Waals surface area contributed by atoms with Crippen LogP contribution in [-0.4, -0.2) is 22.2 Å². The summed E-state index contributed by atoms with van der Waals surface area (Å²) in [7, 11) is 0. The predicted octanol–water partition coefficient (Wildman–Crippen LogP) is 1.20. The van der Waals surface area contributed by atoms with Gasteiger partial charge in [-0.15, -0.1) is 0 Å². The van der Waals surface area contributed by atoms with Gasteiger partial charge in [-0.2, -0.15) is 5.26 Å². The zero-order valence-electron chi connectivity index (χ0n) is 8.62. The number of aromatic nitrogens is 1. The van der Waals surface area contributed by atoms with Gasteiger partial charge in [0.05, 0.1) is 17.7 Å². The number of pyridine rings is 1. The maximum absolute atomic E-state index is 9.18. The van der Waals surface area contributed by atoms with E-state index in [0.717, 1.165) is 18.5 Å². The van der Waals surface area contributed by atoms with E-state index < -0.39 is 0 Å². The minimum atomic E-state index is -0.230. The number of hydrogen-bond acceptors (Lipinski definition) is 4. The van der Waals surface area contributed by atoms with Crippen LogP contribution in [0.15, 0.2) is 12.1 Å². The molecule has 1 aliphatic carbocycles. The van der Waals surface area contributed by atoms with Crippen molar-refractivity contribution < 1.29 is 5.11 Å². The quantitative estimate of drug-likeness (QED) is 0.774. The number of nitriles is 1. The zero-order valence-corrected chi connectivity index (χ0v) is 8.62. The van der Waals surface area contributed by atoms with Crippen molar-refractivity contribution in [2.24, 2.45) is 0 Å². The highest BCUT2D eigenvalue weighted by molar-refractivity contribution is 5.54. The molecule has 0 radical (unpaired) electrons. The van der Waals surface area contributed by atoms with Crippen LogP contribution in [0.2, 0.25) is 0 Å². The molecular formula is C11H13N3O. The summed E-state index contributed by atoms with van der Waals surface area (Å²) < 4.78 is 0. The Hall–Kier alpha value is -1.60. The minimum absolute atomic E-state index is 0.0908. The molecule has 2 rings (SSSR count). The second kappa shape index (κ2) is 3.52. The second-order valence-corrected chi connectivity index (χ2v) is 4.02. The first kappa shape index (κ1) is 9.94. The lowest BCUT2D eigenvalue weighted by Crippen LogP contribution is -2.26. The van der Waals surface area contributed by atoms with Crippen LogP contribution in [0.3, 0.4) is 0 Å². The molecule has 0 saturated heterocycles. The molecule has 0 aromatic carbocycles. The number of hydrogen-bond donors (Lipinski definition) is 2. The van der Waals surface area contributed by atoms with Crippen molar-refractivity contribution in [1.82, 2.24) is 4.98 Å². The maximum Gasteiger partial charge on any atom is 0.144 e. The van der Waals surface area contributed by atoms with Gasteiger partial charge < -0.3 is 10.4 Å². The molecule has 0 atom stereocenters. The Balaban J connectivity index is 2.27. The Bertz CT molecular complexity index is 418. The maximum atomic E-state index is 9.18. The van der Waals surface area contributed by atoms with Crippen LogP contribution in [0.1, 0.15) is 24.1 Å². The molecule has 1 saturated carbocycles. The van der Waals surface area contributed by atoms with Crippen LogP contribution in [0.25, 0.3) is 0 Å². The first-order valence-electron chi connectivity index (χ1n) is 4.96. The Morgan fingerprint density at radius 1 is 1.60 bits per heavy atom. The highest BCUT2D eigenvalue weighted by Gasteiger charge is 2.42. The average molecular weight is 203 g/mol. The lowest BCUT2D eigenvalue weighted by Gasteiger charge is -2.16. The van der Waals surface area contributed by atoms with E-state index in [1.165, 1.54) is 0 Å². The van der Waals surface area contributed by atoms with Crippen molar-refractivity contribution in [2.75, 3.05) is 11.9 Å². The van der Waals surface area contributed by atoms with Gasteiger partial charge in [0.25, 0.3) is 0 Å². The summed E-state index contributed by atoms with van der Waals surface area (Å²) in [5.74, 6) is 0.587. The summed E-state index contributed by atoms with van der Waals surface area (Å²) in [5.41, 5.74) is 1.16. The molecule has 1 aliphatic rings. The van der Waals surface area contributed by atoms with Gasteiger partial charge in [0.15, 0.2) is 0 Å². The first-order valence-corrected chi connectivity index (χ1v) is 4.96. The number of aryl methyl sites for hydroxylation is 1. The SMILES string of the molecule is Cc1ccc(C#N)c(NC2(CO)CC2)n1. The Labute approximate surface area is 88.6 Å². The lowest BCUT2D eigenvalue weighted by atomic mass is 10.2. The molecule has 0 unspecified atom stereocenters. The fraction of sp³-hybridized carbons (Fsp3) is 0.455. The third-order valence-electron chi connectivity index (χ3n) is 2.69. The summed E-state index contributed by atoms with van der Waals surface area (Å²) in [6, 6.07) is 5.65. The normalized spacial score (nSPS) is 16.9. The van der Waals surface area contributed by atoms with Crippen LogP contribution in [-0.2, 0) is 0 Å². The van der Waals surface area contributed by atoms with Gasteiger partial charge in [-0.25, -0.2) is 4.98 Å². The summed E-state index contributed by atoms with van der Waals surface area (Å²) in [6.45, 7) is 1.97. The average Bonchev–Trinajstić information content (AvgIpc) is 2.99. The van der Waals surface area contributed by atoms with Crippen LogP contribution >= 0.6 is 0 Å². The van der Waals surface area contributed by atoms with Gasteiger partial charge in [-0.1, -0.05) is 0 Å². The Morgan fingerprint density at radius 2 is 2.33 bits per heavy atom. The number of nitrogens with zero attached hydrogens (tertiary/aromatic N) is 2. The third kappa shape index (κ3) is 1.92. The second-order valence-electron chi connectivity index (χ2n) is 4.02. The van der Waals surface area contributed by atoms with Crippen molar-refractivity contribution in [3.05, 3.63) is 23.4 Å². The van der Waals surface area contributed by atoms with E-state index in [4.69, 9.17) is 5.26 Å². The van der Waals surface area contributed by atoms with E-state index in [1.54, 1.807) is 6.07 Å². The largest absolute Gasteiger partial charge is 0.394 e. The molecule has 15 heavy (non-hydrogen) atoms. The number of anilines is 1. The zero-order chi connectivity index (χ0) is 10.9. The van der Waals surface area contributed by atoms with Crippen LogP contribution in [0.5, 0.6) is 0 Å². The smallest absolute Gasteiger partial charge is 0.144 e. The third-order valence-corrected chi connectivity index (χ3v) is 2.69. The fourth-order valence-electron chi connectivity index (χ4n) is 1.47. The standard InChI is InChI=1S/C11H13N3O/c1-8-2-3-9(6-12)10(13-8)14-11(7-15)4-5-11/h2-3,15H,4-5,7H2,1H3,(H,13,14). The molecule has 1 aromatic rings. The Morgan fingerprint density at radius 3 is 2.87 bits per heavy atom. The molecule has 2 N–H and O–H groups in total. The molecule has 0 aliphatic heterocycles. The van der Waals surface area contributed by atoms with E-state index in [9.17, 15) is 5.11 Å². The lowest BCUT2D eigenvalue weighted by molar-refractivity contribution is 0.266. The van der Waals surface area contributed by atoms with Crippen LogP contribution in [0, 0.1) is 18.3 Å². The summed E-state index contributed by atoms with van der Waals surface area (Å²) in [6.07, 6.45) is 1.87. The van der Waals surface area contributed by atoms with E-state index in [-0.39, 0.29) is 12.1 Å². The van der Waals surface area contributed by atoms with Gasteiger partial charge >= 0.3 is 0 Å². The summed E-state index contributed by atoms with van der Waals surface area (Å²) in [4.78, 5) is 4.27. The van der Waals surface area contributed by atoms with E-state index in [2.05, 4.69) is 16.4 Å². The number of aliphatic hydroxyl groups excluding tert-OH is 1. The number of nitrogens with one attached hydrogen (secondary N) is 1. The van der Waals surface area contributed by atoms with Gasteiger partial charge in [-0.05, 0) is 31.9 Å². The molecule has 0 spiro atoms. The molecule has 0 bridgehead atoms. The molecular weight excluding hydrogens is 190 g/mol. The van der Waals surface area contributed by atoms with Crippen molar-refractivity contribution in [3.8, 4) is 6.07 Å². The van der Waals surface area contributed by atoms with E-state index in [1.807, 2.05) is 13.0 Å². The Kier molecular flexibility index (Phi) is 2.33. The van der Waals surface area contributed by atoms with Crippen molar-refractivity contribution in [1.29, 1.82) is 5.26 Å². The molecule has 78 valence electrons. The van der Waals surface area contributed by atoms with Crippen molar-refractivity contribution >= 4 is 5.82 Å². The first-order chi connectivity index (χ1) is 7.19. The van der Waals surface area contributed by atoms with Gasteiger partial charge in [0, 0.05) is 5.69 Å². The fourth-order valence-corrected chi connectivity index (χ4v) is 1.47. The highest BCUT2D eigenvalue weighted by atomic mass is 16.3. The van der Waals surface area contributed by atoms with Crippen LogP contribution < -0.4 is 5.32 Å². The molecule has 1 aromatic heterocycles. The molecule has 1 heterocycles. The van der Waals surface area contributed by atoms with E-state index in [0.29, 0.717) is 11.4 Å². The molecule has 0 amide bonds. The topological polar surface area (TPSA) is 68.9 Å². The van der Waals surface area contributed by atoms with Crippen molar-refractivity contribution in [3.63, 3.8) is 0 Å².